The molecule has 0 fully saturated rings. The second kappa shape index (κ2) is 3.45. The van der Waals surface area contributed by atoms with Crippen LogP contribution in [0.5, 0.6) is 0 Å². The van der Waals surface area contributed by atoms with E-state index < -0.39 is 0 Å². The summed E-state index contributed by atoms with van der Waals surface area (Å²) in [5.74, 6) is 0.781. The molecule has 2 nitrogen and oxygen atoms in total. The molecule has 0 unspecified atom stereocenters. The summed E-state index contributed by atoms with van der Waals surface area (Å²) >= 11 is 1.97. The molecule has 0 aromatic heterocycles. The normalized spacial score (nSPS) is 33.3. The van der Waals surface area contributed by atoms with E-state index >= 15 is 0 Å². The predicted molar refractivity (Wildman–Crippen MR) is 58.2 cm³/mol. The number of hydrogen-bond donors (Lipinski definition) is 1. The minimum absolute atomic E-state index is 0.569. The molecule has 1 N–H and O–H groups in total. The van der Waals surface area contributed by atoms with Gasteiger partial charge in [0.05, 0.1) is 10.4 Å². The maximum absolute atomic E-state index is 3.59. The molecule has 2 heterocycles. The van der Waals surface area contributed by atoms with E-state index in [0.717, 1.165) is 5.92 Å². The molecular formula is C10H18N2S. The molecule has 3 heteroatoms. The zero-order valence-corrected chi connectivity index (χ0v) is 9.45. The first kappa shape index (κ1) is 9.25. The molecule has 0 bridgehead atoms. The van der Waals surface area contributed by atoms with E-state index in [9.17, 15) is 0 Å². The van der Waals surface area contributed by atoms with Crippen LogP contribution in [-0.2, 0) is 0 Å². The fourth-order valence-corrected chi connectivity index (χ4v) is 3.28. The van der Waals surface area contributed by atoms with E-state index in [1.807, 2.05) is 11.8 Å². The van der Waals surface area contributed by atoms with Gasteiger partial charge in [0.2, 0.25) is 0 Å². The fraction of sp³-hybridized carbons (Fsp3) is 0.800. The van der Waals surface area contributed by atoms with Gasteiger partial charge in [-0.25, -0.2) is 0 Å². The second-order valence-electron chi connectivity index (χ2n) is 3.94. The highest BCUT2D eigenvalue weighted by atomic mass is 32.2. The highest BCUT2D eigenvalue weighted by Gasteiger charge is 2.31. The van der Waals surface area contributed by atoms with Gasteiger partial charge in [-0.15, -0.1) is 0 Å². The lowest BCUT2D eigenvalue weighted by molar-refractivity contribution is 0.339. The monoisotopic (exact) mass is 198 g/mol. The Kier molecular flexibility index (Phi) is 2.45. The predicted octanol–water partition coefficient (Wildman–Crippen LogP) is 2.20. The van der Waals surface area contributed by atoms with Gasteiger partial charge >= 0.3 is 0 Å². The summed E-state index contributed by atoms with van der Waals surface area (Å²) in [6.07, 6.45) is 2.58. The van der Waals surface area contributed by atoms with Crippen molar-refractivity contribution >= 4 is 11.8 Å². The molecule has 2 aliphatic heterocycles. The van der Waals surface area contributed by atoms with Crippen LogP contribution in [0.3, 0.4) is 0 Å². The molecule has 0 spiro atoms. The second-order valence-corrected chi connectivity index (χ2v) is 5.27. The van der Waals surface area contributed by atoms with Gasteiger partial charge < -0.3 is 10.2 Å². The van der Waals surface area contributed by atoms with Gasteiger partial charge in [-0.1, -0.05) is 18.7 Å². The van der Waals surface area contributed by atoms with Crippen molar-refractivity contribution < 1.29 is 0 Å². The molecule has 0 saturated heterocycles. The number of allylic oxidation sites excluding steroid dienone is 1. The summed E-state index contributed by atoms with van der Waals surface area (Å²) in [6, 6.07) is 0. The molecule has 0 aromatic rings. The average molecular weight is 198 g/mol. The first-order chi connectivity index (χ1) is 6.22. The Balaban J connectivity index is 2.23. The van der Waals surface area contributed by atoms with Crippen molar-refractivity contribution in [3.63, 3.8) is 0 Å². The van der Waals surface area contributed by atoms with Crippen molar-refractivity contribution in [1.29, 1.82) is 0 Å². The van der Waals surface area contributed by atoms with Crippen molar-refractivity contribution in [3.8, 4) is 0 Å². The molecule has 0 amide bonds. The number of rotatable bonds is 1. The van der Waals surface area contributed by atoms with Gasteiger partial charge in [0.15, 0.2) is 0 Å². The average Bonchev–Trinajstić information content (AvgIpc) is 2.48. The molecule has 0 radical (unpaired) electrons. The lowest BCUT2D eigenvalue weighted by Crippen LogP contribution is -2.30. The highest BCUT2D eigenvalue weighted by molar-refractivity contribution is 8.03. The Morgan fingerprint density at radius 1 is 1.62 bits per heavy atom. The topological polar surface area (TPSA) is 15.3 Å². The zero-order chi connectivity index (χ0) is 9.42. The summed E-state index contributed by atoms with van der Waals surface area (Å²) in [7, 11) is 2.20. The van der Waals surface area contributed by atoms with Crippen LogP contribution in [0.2, 0.25) is 0 Å². The molecule has 2 atom stereocenters. The Labute approximate surface area is 84.8 Å². The van der Waals surface area contributed by atoms with Crippen LogP contribution in [0.4, 0.5) is 0 Å². The summed E-state index contributed by atoms with van der Waals surface area (Å²) in [4.78, 5) is 2.39. The highest BCUT2D eigenvalue weighted by Crippen LogP contribution is 2.40. The molecule has 2 aliphatic rings. The van der Waals surface area contributed by atoms with Crippen molar-refractivity contribution in [3.05, 3.63) is 10.7 Å². The van der Waals surface area contributed by atoms with E-state index in [1.54, 1.807) is 0 Å². The Morgan fingerprint density at radius 3 is 3.08 bits per heavy atom. The summed E-state index contributed by atoms with van der Waals surface area (Å²) in [5.41, 5.74) is 1.51. The van der Waals surface area contributed by atoms with Gasteiger partial charge in [0.1, 0.15) is 0 Å². The number of nitrogens with zero attached hydrogens (tertiary/aromatic N) is 1. The van der Waals surface area contributed by atoms with Gasteiger partial charge in [-0.3, -0.25) is 0 Å². The van der Waals surface area contributed by atoms with Gasteiger partial charge in [-0.2, -0.15) is 0 Å². The van der Waals surface area contributed by atoms with Crippen LogP contribution < -0.4 is 5.32 Å². The maximum atomic E-state index is 3.59. The lowest BCUT2D eigenvalue weighted by Gasteiger charge is -2.30. The Hall–Kier alpha value is -0.310. The van der Waals surface area contributed by atoms with Crippen molar-refractivity contribution in [2.45, 2.75) is 32.1 Å². The van der Waals surface area contributed by atoms with Crippen LogP contribution in [-0.4, -0.2) is 23.9 Å². The van der Waals surface area contributed by atoms with Crippen LogP contribution in [0.1, 0.15) is 26.7 Å². The van der Waals surface area contributed by atoms with Gasteiger partial charge in [-0.05, 0) is 19.8 Å². The van der Waals surface area contributed by atoms with E-state index in [0.29, 0.717) is 5.37 Å². The number of nitrogens with one attached hydrogen (secondary N) is 1. The standard InChI is InChI=1S/C10H18N2S/c1-4-8-5-6-12(3)10-9(8)11-7(2)13-10/h7-8,11H,4-6H2,1-3H3/t7-,8-/m0/s1. The van der Waals surface area contributed by atoms with E-state index in [4.69, 9.17) is 0 Å². The minimum Gasteiger partial charge on any atom is -0.374 e. The number of hydrogen-bond acceptors (Lipinski definition) is 3. The smallest absolute Gasteiger partial charge is 0.0921 e. The summed E-state index contributed by atoms with van der Waals surface area (Å²) < 4.78 is 0. The Morgan fingerprint density at radius 2 is 2.38 bits per heavy atom. The van der Waals surface area contributed by atoms with Gasteiger partial charge in [0, 0.05) is 25.2 Å². The first-order valence-electron chi connectivity index (χ1n) is 5.11. The first-order valence-corrected chi connectivity index (χ1v) is 5.98. The number of thioether (sulfide) groups is 1. The third-order valence-electron chi connectivity index (χ3n) is 2.94. The minimum atomic E-state index is 0.569. The van der Waals surface area contributed by atoms with E-state index in [-0.39, 0.29) is 0 Å². The van der Waals surface area contributed by atoms with Crippen molar-refractivity contribution in [2.75, 3.05) is 13.6 Å². The van der Waals surface area contributed by atoms with Crippen LogP contribution in [0.25, 0.3) is 0 Å². The fourth-order valence-electron chi connectivity index (χ4n) is 2.13. The maximum Gasteiger partial charge on any atom is 0.0921 e. The summed E-state index contributed by atoms with van der Waals surface area (Å²) in [6.45, 7) is 5.75. The molecule has 2 rings (SSSR count). The zero-order valence-electron chi connectivity index (χ0n) is 8.63. The SMILES string of the molecule is CC[C@H]1CCN(C)C2=C1N[C@H](C)S2. The van der Waals surface area contributed by atoms with Crippen molar-refractivity contribution in [1.82, 2.24) is 10.2 Å². The molecule has 0 aromatic carbocycles. The largest absolute Gasteiger partial charge is 0.374 e. The van der Waals surface area contributed by atoms with Crippen LogP contribution >= 0.6 is 11.8 Å². The molecule has 13 heavy (non-hydrogen) atoms. The van der Waals surface area contributed by atoms with E-state index in [2.05, 4.69) is 31.1 Å². The Bertz CT molecular complexity index is 237. The molecule has 0 aliphatic carbocycles. The van der Waals surface area contributed by atoms with E-state index in [1.165, 1.54) is 30.1 Å². The van der Waals surface area contributed by atoms with Gasteiger partial charge in [0.25, 0.3) is 0 Å². The molecule has 0 saturated carbocycles. The van der Waals surface area contributed by atoms with Crippen LogP contribution in [0.15, 0.2) is 10.7 Å². The lowest BCUT2D eigenvalue weighted by atomic mass is 9.96. The van der Waals surface area contributed by atoms with Crippen molar-refractivity contribution in [2.24, 2.45) is 5.92 Å². The third kappa shape index (κ3) is 1.54. The van der Waals surface area contributed by atoms with Crippen LogP contribution in [0, 0.1) is 5.92 Å². The third-order valence-corrected chi connectivity index (χ3v) is 4.16. The molecule has 74 valence electrons. The molecular weight excluding hydrogens is 180 g/mol. The quantitative estimate of drug-likeness (QED) is 0.695. The summed E-state index contributed by atoms with van der Waals surface area (Å²) in [5, 5.41) is 5.65.